The van der Waals surface area contributed by atoms with Gasteiger partial charge >= 0.3 is 0 Å². The fourth-order valence-corrected chi connectivity index (χ4v) is 2.92. The van der Waals surface area contributed by atoms with Crippen molar-refractivity contribution in [2.75, 3.05) is 39.9 Å². The molecule has 0 aromatic heterocycles. The van der Waals surface area contributed by atoms with Crippen LogP contribution in [0.4, 0.5) is 0 Å². The zero-order valence-electron chi connectivity index (χ0n) is 12.7. The van der Waals surface area contributed by atoms with E-state index in [0.29, 0.717) is 12.0 Å². The van der Waals surface area contributed by atoms with Crippen molar-refractivity contribution in [1.29, 1.82) is 0 Å². The van der Waals surface area contributed by atoms with Crippen molar-refractivity contribution >= 4 is 0 Å². The van der Waals surface area contributed by atoms with Crippen LogP contribution in [0.15, 0.2) is 0 Å². The Kier molecular flexibility index (Phi) is 7.87. The van der Waals surface area contributed by atoms with Crippen LogP contribution >= 0.6 is 0 Å². The Labute approximate surface area is 113 Å². The molecule has 1 N–H and O–H groups in total. The molecule has 3 heteroatoms. The van der Waals surface area contributed by atoms with Crippen molar-refractivity contribution < 1.29 is 4.74 Å². The molecule has 0 bridgehead atoms. The van der Waals surface area contributed by atoms with E-state index in [-0.39, 0.29) is 0 Å². The molecule has 3 nitrogen and oxygen atoms in total. The van der Waals surface area contributed by atoms with Crippen molar-refractivity contribution in [3.8, 4) is 0 Å². The lowest BCUT2D eigenvalue weighted by Crippen LogP contribution is -2.45. The molecule has 0 aromatic rings. The highest BCUT2D eigenvalue weighted by Gasteiger charge is 2.24. The summed E-state index contributed by atoms with van der Waals surface area (Å²) in [7, 11) is 1.78. The second kappa shape index (κ2) is 8.89. The molecular formula is C15H32N2O. The first kappa shape index (κ1) is 15.9. The zero-order chi connectivity index (χ0) is 13.4. The minimum atomic E-state index is 0.604. The summed E-state index contributed by atoms with van der Waals surface area (Å²) in [6.07, 6.45) is 4.02. The summed E-state index contributed by atoms with van der Waals surface area (Å²) < 4.78 is 5.18. The third-order valence-electron chi connectivity index (χ3n) is 4.03. The number of methoxy groups -OCH3 is 1. The molecule has 1 rings (SSSR count). The van der Waals surface area contributed by atoms with E-state index < -0.39 is 0 Å². The van der Waals surface area contributed by atoms with Crippen LogP contribution in [0.3, 0.4) is 0 Å². The van der Waals surface area contributed by atoms with Gasteiger partial charge < -0.3 is 15.0 Å². The lowest BCUT2D eigenvalue weighted by molar-refractivity contribution is 0.136. The molecule has 0 aliphatic carbocycles. The minimum absolute atomic E-state index is 0.604. The van der Waals surface area contributed by atoms with Gasteiger partial charge in [-0.15, -0.1) is 0 Å². The Balaban J connectivity index is 2.25. The van der Waals surface area contributed by atoms with Crippen molar-refractivity contribution in [2.24, 2.45) is 11.8 Å². The van der Waals surface area contributed by atoms with E-state index in [1.165, 1.54) is 38.9 Å². The van der Waals surface area contributed by atoms with Gasteiger partial charge in [0.15, 0.2) is 0 Å². The van der Waals surface area contributed by atoms with E-state index in [1.54, 1.807) is 7.11 Å². The van der Waals surface area contributed by atoms with Crippen molar-refractivity contribution in [3.63, 3.8) is 0 Å². The monoisotopic (exact) mass is 256 g/mol. The van der Waals surface area contributed by atoms with Gasteiger partial charge in [-0.05, 0) is 51.1 Å². The third-order valence-corrected chi connectivity index (χ3v) is 4.03. The predicted octanol–water partition coefficient (Wildman–Crippen LogP) is 2.37. The fourth-order valence-electron chi connectivity index (χ4n) is 2.92. The number of nitrogens with zero attached hydrogens (tertiary/aromatic N) is 1. The van der Waals surface area contributed by atoms with Gasteiger partial charge in [0.25, 0.3) is 0 Å². The molecule has 1 aliphatic heterocycles. The Hall–Kier alpha value is -0.120. The Morgan fingerprint density at radius 1 is 1.39 bits per heavy atom. The highest BCUT2D eigenvalue weighted by molar-refractivity contribution is 4.80. The summed E-state index contributed by atoms with van der Waals surface area (Å²) in [4.78, 5) is 2.63. The van der Waals surface area contributed by atoms with Gasteiger partial charge in [-0.25, -0.2) is 0 Å². The molecule has 0 amide bonds. The average molecular weight is 256 g/mol. The summed E-state index contributed by atoms with van der Waals surface area (Å²) in [5, 5.41) is 3.69. The SMILES string of the molecule is CCCN1CCCC(C(C)NCC(C)COC)C1. The summed E-state index contributed by atoms with van der Waals surface area (Å²) in [6.45, 7) is 12.6. The largest absolute Gasteiger partial charge is 0.384 e. The molecule has 1 heterocycles. The van der Waals surface area contributed by atoms with Crippen molar-refractivity contribution in [3.05, 3.63) is 0 Å². The van der Waals surface area contributed by atoms with Gasteiger partial charge in [-0.1, -0.05) is 13.8 Å². The zero-order valence-corrected chi connectivity index (χ0v) is 12.7. The summed E-state index contributed by atoms with van der Waals surface area (Å²) in [5.41, 5.74) is 0. The van der Waals surface area contributed by atoms with Crippen LogP contribution in [-0.4, -0.2) is 50.8 Å². The first-order chi connectivity index (χ1) is 8.67. The van der Waals surface area contributed by atoms with E-state index in [2.05, 4.69) is 31.0 Å². The Bertz CT molecular complexity index is 209. The number of likely N-dealkylation sites (tertiary alicyclic amines) is 1. The molecule has 0 spiro atoms. The first-order valence-electron chi connectivity index (χ1n) is 7.62. The van der Waals surface area contributed by atoms with Crippen LogP contribution in [0, 0.1) is 11.8 Å². The van der Waals surface area contributed by atoms with Gasteiger partial charge in [-0.2, -0.15) is 0 Å². The maximum absolute atomic E-state index is 5.18. The molecule has 1 aliphatic rings. The van der Waals surface area contributed by atoms with E-state index >= 15 is 0 Å². The topological polar surface area (TPSA) is 24.5 Å². The first-order valence-corrected chi connectivity index (χ1v) is 7.62. The van der Waals surface area contributed by atoms with Gasteiger partial charge in [-0.3, -0.25) is 0 Å². The van der Waals surface area contributed by atoms with E-state index in [9.17, 15) is 0 Å². The molecule has 0 saturated carbocycles. The minimum Gasteiger partial charge on any atom is -0.384 e. The maximum Gasteiger partial charge on any atom is 0.0499 e. The Morgan fingerprint density at radius 2 is 2.17 bits per heavy atom. The lowest BCUT2D eigenvalue weighted by atomic mass is 9.91. The number of piperidine rings is 1. The molecule has 1 fully saturated rings. The second-order valence-electron chi connectivity index (χ2n) is 5.96. The fraction of sp³-hybridized carbons (Fsp3) is 1.00. The smallest absolute Gasteiger partial charge is 0.0499 e. The highest BCUT2D eigenvalue weighted by Crippen LogP contribution is 2.20. The number of nitrogens with one attached hydrogen (secondary N) is 1. The third kappa shape index (κ3) is 5.68. The number of hydrogen-bond donors (Lipinski definition) is 1. The summed E-state index contributed by atoms with van der Waals surface area (Å²) >= 11 is 0. The molecule has 3 atom stereocenters. The van der Waals surface area contributed by atoms with Crippen LogP contribution in [0.2, 0.25) is 0 Å². The van der Waals surface area contributed by atoms with Gasteiger partial charge in [0.2, 0.25) is 0 Å². The van der Waals surface area contributed by atoms with E-state index in [1.807, 2.05) is 0 Å². The molecule has 18 heavy (non-hydrogen) atoms. The Morgan fingerprint density at radius 3 is 2.83 bits per heavy atom. The van der Waals surface area contributed by atoms with Gasteiger partial charge in [0.05, 0.1) is 0 Å². The number of ether oxygens (including phenoxy) is 1. The van der Waals surface area contributed by atoms with Crippen LogP contribution in [0.1, 0.15) is 40.0 Å². The molecule has 3 unspecified atom stereocenters. The highest BCUT2D eigenvalue weighted by atomic mass is 16.5. The molecular weight excluding hydrogens is 224 g/mol. The van der Waals surface area contributed by atoms with Crippen molar-refractivity contribution in [2.45, 2.75) is 46.1 Å². The summed E-state index contributed by atoms with van der Waals surface area (Å²) in [6, 6.07) is 0.629. The van der Waals surface area contributed by atoms with Crippen LogP contribution in [0.5, 0.6) is 0 Å². The predicted molar refractivity (Wildman–Crippen MR) is 78.0 cm³/mol. The number of rotatable bonds is 8. The standard InChI is InChI=1S/C15H32N2O/c1-5-8-17-9-6-7-15(11-17)14(3)16-10-13(2)12-18-4/h13-16H,5-12H2,1-4H3. The van der Waals surface area contributed by atoms with Crippen LogP contribution < -0.4 is 5.32 Å². The quantitative estimate of drug-likeness (QED) is 0.721. The van der Waals surface area contributed by atoms with Gasteiger partial charge in [0, 0.05) is 32.8 Å². The number of hydrogen-bond acceptors (Lipinski definition) is 3. The lowest BCUT2D eigenvalue weighted by Gasteiger charge is -2.36. The molecule has 108 valence electrons. The van der Waals surface area contributed by atoms with Crippen LogP contribution in [0.25, 0.3) is 0 Å². The molecule has 0 radical (unpaired) electrons. The molecule has 1 saturated heterocycles. The van der Waals surface area contributed by atoms with Gasteiger partial charge in [0.1, 0.15) is 0 Å². The molecule has 0 aromatic carbocycles. The second-order valence-corrected chi connectivity index (χ2v) is 5.96. The average Bonchev–Trinajstić information content (AvgIpc) is 2.37. The maximum atomic E-state index is 5.18. The van der Waals surface area contributed by atoms with Crippen molar-refractivity contribution in [1.82, 2.24) is 10.2 Å². The summed E-state index contributed by atoms with van der Waals surface area (Å²) in [5.74, 6) is 1.42. The van der Waals surface area contributed by atoms with E-state index in [4.69, 9.17) is 4.74 Å². The van der Waals surface area contributed by atoms with Crippen LogP contribution in [-0.2, 0) is 4.74 Å². The van der Waals surface area contributed by atoms with E-state index in [0.717, 1.165) is 19.1 Å². The normalized spacial score (nSPS) is 25.0.